The predicted octanol–water partition coefficient (Wildman–Crippen LogP) is 1.35. The van der Waals surface area contributed by atoms with E-state index in [-0.39, 0.29) is 5.54 Å². The fourth-order valence-corrected chi connectivity index (χ4v) is 1.56. The molecule has 18 heavy (non-hydrogen) atoms. The van der Waals surface area contributed by atoms with Gasteiger partial charge in [-0.2, -0.15) is 0 Å². The molecule has 0 bridgehead atoms. The van der Waals surface area contributed by atoms with Gasteiger partial charge >= 0.3 is 5.97 Å². The van der Waals surface area contributed by atoms with E-state index in [1.54, 1.807) is 18.2 Å². The quantitative estimate of drug-likeness (QED) is 0.800. The van der Waals surface area contributed by atoms with Crippen molar-refractivity contribution in [3.8, 4) is 11.5 Å². The number of esters is 1. The van der Waals surface area contributed by atoms with Crippen molar-refractivity contribution in [3.05, 3.63) is 23.8 Å². The van der Waals surface area contributed by atoms with Crippen LogP contribution in [0.5, 0.6) is 11.5 Å². The topological polar surface area (TPSA) is 70.8 Å². The van der Waals surface area contributed by atoms with Gasteiger partial charge in [0.1, 0.15) is 6.61 Å². The van der Waals surface area contributed by atoms with Gasteiger partial charge in [-0.05, 0) is 31.0 Å². The highest BCUT2D eigenvalue weighted by Crippen LogP contribution is 2.35. The average Bonchev–Trinajstić information content (AvgIpc) is 3.13. The normalized spacial score (nSPS) is 15.9. The Balaban J connectivity index is 2.12. The molecule has 0 unspecified atom stereocenters. The van der Waals surface area contributed by atoms with Crippen LogP contribution in [-0.2, 0) is 4.74 Å². The molecule has 0 spiro atoms. The molecule has 1 fully saturated rings. The van der Waals surface area contributed by atoms with E-state index in [9.17, 15) is 4.79 Å². The second kappa shape index (κ2) is 4.86. The highest BCUT2D eigenvalue weighted by atomic mass is 16.5. The van der Waals surface area contributed by atoms with Crippen LogP contribution >= 0.6 is 0 Å². The Morgan fingerprint density at radius 1 is 1.33 bits per heavy atom. The fraction of sp³-hybridized carbons (Fsp3) is 0.462. The molecule has 0 radical (unpaired) electrons. The number of hydrogen-bond donors (Lipinski definition) is 1. The van der Waals surface area contributed by atoms with Crippen molar-refractivity contribution in [2.75, 3.05) is 20.8 Å². The van der Waals surface area contributed by atoms with Gasteiger partial charge in [-0.15, -0.1) is 0 Å². The maximum atomic E-state index is 11.4. The smallest absolute Gasteiger partial charge is 0.337 e. The number of carbonyl (C=O) groups excluding carboxylic acids is 1. The largest absolute Gasteiger partial charge is 0.493 e. The van der Waals surface area contributed by atoms with Crippen molar-refractivity contribution in [3.63, 3.8) is 0 Å². The first kappa shape index (κ1) is 12.7. The molecule has 2 rings (SSSR count). The zero-order valence-electron chi connectivity index (χ0n) is 10.6. The first-order chi connectivity index (χ1) is 8.58. The molecule has 98 valence electrons. The lowest BCUT2D eigenvalue weighted by atomic mass is 10.2. The highest BCUT2D eigenvalue weighted by molar-refractivity contribution is 5.90. The van der Waals surface area contributed by atoms with E-state index in [1.807, 2.05) is 0 Å². The Morgan fingerprint density at radius 3 is 2.61 bits per heavy atom. The van der Waals surface area contributed by atoms with Crippen LogP contribution in [0.1, 0.15) is 23.2 Å². The molecule has 0 aliphatic heterocycles. The number of methoxy groups -OCH3 is 2. The summed E-state index contributed by atoms with van der Waals surface area (Å²) in [5.41, 5.74) is 6.18. The van der Waals surface area contributed by atoms with Crippen molar-refractivity contribution < 1.29 is 19.0 Å². The lowest BCUT2D eigenvalue weighted by Crippen LogP contribution is -2.29. The maximum absolute atomic E-state index is 11.4. The molecule has 5 nitrogen and oxygen atoms in total. The van der Waals surface area contributed by atoms with Crippen LogP contribution in [-0.4, -0.2) is 32.3 Å². The van der Waals surface area contributed by atoms with Crippen molar-refractivity contribution >= 4 is 5.97 Å². The predicted molar refractivity (Wildman–Crippen MR) is 66.0 cm³/mol. The molecule has 1 aromatic rings. The summed E-state index contributed by atoms with van der Waals surface area (Å²) in [4.78, 5) is 11.4. The number of carbonyl (C=O) groups is 1. The molecule has 1 aliphatic rings. The van der Waals surface area contributed by atoms with Gasteiger partial charge in [-0.1, -0.05) is 0 Å². The summed E-state index contributed by atoms with van der Waals surface area (Å²) in [6, 6.07) is 4.92. The number of nitrogens with two attached hydrogens (primary N) is 1. The van der Waals surface area contributed by atoms with Crippen molar-refractivity contribution in [1.29, 1.82) is 0 Å². The van der Waals surface area contributed by atoms with Crippen molar-refractivity contribution in [2.45, 2.75) is 18.4 Å². The van der Waals surface area contributed by atoms with E-state index in [2.05, 4.69) is 4.74 Å². The zero-order chi connectivity index (χ0) is 13.2. The molecule has 2 N–H and O–H groups in total. The molecule has 0 atom stereocenters. The number of ether oxygens (including phenoxy) is 3. The first-order valence-corrected chi connectivity index (χ1v) is 5.76. The Bertz CT molecular complexity index is 454. The van der Waals surface area contributed by atoms with Gasteiger partial charge in [0.05, 0.1) is 25.3 Å². The van der Waals surface area contributed by atoms with Crippen molar-refractivity contribution in [1.82, 2.24) is 0 Å². The van der Waals surface area contributed by atoms with E-state index >= 15 is 0 Å². The van der Waals surface area contributed by atoms with Gasteiger partial charge in [0.15, 0.2) is 11.5 Å². The Hall–Kier alpha value is -1.75. The lowest BCUT2D eigenvalue weighted by Gasteiger charge is -2.14. The molecule has 0 heterocycles. The molecule has 0 aromatic heterocycles. The Morgan fingerprint density at radius 2 is 2.06 bits per heavy atom. The Labute approximate surface area is 106 Å². The monoisotopic (exact) mass is 251 g/mol. The summed E-state index contributed by atoms with van der Waals surface area (Å²) in [7, 11) is 2.86. The number of rotatable bonds is 5. The summed E-state index contributed by atoms with van der Waals surface area (Å²) < 4.78 is 15.5. The van der Waals surface area contributed by atoms with Gasteiger partial charge in [0.2, 0.25) is 0 Å². The highest BCUT2D eigenvalue weighted by Gasteiger charge is 2.39. The van der Waals surface area contributed by atoms with Gasteiger partial charge in [-0.3, -0.25) is 0 Å². The third-order valence-corrected chi connectivity index (χ3v) is 2.99. The fourth-order valence-electron chi connectivity index (χ4n) is 1.56. The zero-order valence-corrected chi connectivity index (χ0v) is 10.6. The summed E-state index contributed by atoms with van der Waals surface area (Å²) >= 11 is 0. The molecule has 0 amide bonds. The van der Waals surface area contributed by atoms with E-state index in [1.165, 1.54) is 14.2 Å². The van der Waals surface area contributed by atoms with Crippen LogP contribution < -0.4 is 15.2 Å². The van der Waals surface area contributed by atoms with Crippen molar-refractivity contribution in [2.24, 2.45) is 5.73 Å². The van der Waals surface area contributed by atoms with Crippen LogP contribution in [0.2, 0.25) is 0 Å². The minimum absolute atomic E-state index is 0.188. The number of benzene rings is 1. The third kappa shape index (κ3) is 2.73. The second-order valence-electron chi connectivity index (χ2n) is 4.51. The van der Waals surface area contributed by atoms with Crippen LogP contribution in [0.25, 0.3) is 0 Å². The SMILES string of the molecule is COC(=O)c1ccc(OCC2(N)CC2)c(OC)c1. The molecule has 0 saturated heterocycles. The van der Waals surface area contributed by atoms with E-state index in [4.69, 9.17) is 15.2 Å². The summed E-state index contributed by atoms with van der Waals surface area (Å²) in [5, 5.41) is 0. The first-order valence-electron chi connectivity index (χ1n) is 5.76. The second-order valence-corrected chi connectivity index (χ2v) is 4.51. The summed E-state index contributed by atoms with van der Waals surface area (Å²) in [5.74, 6) is 0.682. The van der Waals surface area contributed by atoms with Crippen LogP contribution in [0, 0.1) is 0 Å². The van der Waals surface area contributed by atoms with Gasteiger partial charge in [0, 0.05) is 0 Å². The molecule has 5 heteroatoms. The summed E-state index contributed by atoms with van der Waals surface area (Å²) in [6.07, 6.45) is 1.96. The third-order valence-electron chi connectivity index (χ3n) is 2.99. The Kier molecular flexibility index (Phi) is 3.43. The van der Waals surface area contributed by atoms with E-state index in [0.717, 1.165) is 12.8 Å². The summed E-state index contributed by atoms with van der Waals surface area (Å²) in [6.45, 7) is 0.459. The van der Waals surface area contributed by atoms with E-state index < -0.39 is 5.97 Å². The molecular weight excluding hydrogens is 234 g/mol. The van der Waals surface area contributed by atoms with Gasteiger partial charge in [0.25, 0.3) is 0 Å². The minimum Gasteiger partial charge on any atom is -0.493 e. The maximum Gasteiger partial charge on any atom is 0.337 e. The molecule has 1 saturated carbocycles. The van der Waals surface area contributed by atoms with Crippen LogP contribution in [0.4, 0.5) is 0 Å². The van der Waals surface area contributed by atoms with E-state index in [0.29, 0.717) is 23.7 Å². The number of hydrogen-bond acceptors (Lipinski definition) is 5. The van der Waals surface area contributed by atoms with Crippen LogP contribution in [0.3, 0.4) is 0 Å². The average molecular weight is 251 g/mol. The van der Waals surface area contributed by atoms with Gasteiger partial charge in [-0.25, -0.2) is 4.79 Å². The lowest BCUT2D eigenvalue weighted by molar-refractivity contribution is 0.0600. The standard InChI is InChI=1S/C13H17NO4/c1-16-11-7-9(12(15)17-2)3-4-10(11)18-8-13(14)5-6-13/h3-4,7H,5-6,8,14H2,1-2H3. The minimum atomic E-state index is -0.405. The molecule has 1 aromatic carbocycles. The van der Waals surface area contributed by atoms with Gasteiger partial charge < -0.3 is 19.9 Å². The molecular formula is C13H17NO4. The molecule has 1 aliphatic carbocycles. The van der Waals surface area contributed by atoms with Crippen LogP contribution in [0.15, 0.2) is 18.2 Å².